The van der Waals surface area contributed by atoms with Gasteiger partial charge in [-0.25, -0.2) is 0 Å². The lowest BCUT2D eigenvalue weighted by atomic mass is 10.2. The van der Waals surface area contributed by atoms with Gasteiger partial charge in [-0.3, -0.25) is 4.68 Å². The maximum Gasteiger partial charge on any atom is 0.233 e. The quantitative estimate of drug-likeness (QED) is 0.860. The van der Waals surface area contributed by atoms with Crippen LogP contribution in [-0.2, 0) is 6.54 Å². The highest BCUT2D eigenvalue weighted by molar-refractivity contribution is 5.20. The van der Waals surface area contributed by atoms with Crippen LogP contribution in [0, 0.1) is 0 Å². The van der Waals surface area contributed by atoms with Gasteiger partial charge in [0.25, 0.3) is 0 Å². The van der Waals surface area contributed by atoms with Crippen LogP contribution in [0.4, 0.5) is 0 Å². The van der Waals surface area contributed by atoms with Crippen molar-refractivity contribution in [3.8, 4) is 5.88 Å². The van der Waals surface area contributed by atoms with E-state index in [0.717, 1.165) is 18.7 Å². The topological polar surface area (TPSA) is 73.1 Å². The normalized spacial score (nSPS) is 12.4. The van der Waals surface area contributed by atoms with Crippen LogP contribution in [0.25, 0.3) is 0 Å². The van der Waals surface area contributed by atoms with Gasteiger partial charge < -0.3 is 9.84 Å². The Hall–Kier alpha value is -1.95. The van der Waals surface area contributed by atoms with Gasteiger partial charge in [-0.1, -0.05) is 6.92 Å². The number of aromatic nitrogens is 4. The molecular formula is C12H16N4O2. The highest BCUT2D eigenvalue weighted by Gasteiger charge is 2.17. The van der Waals surface area contributed by atoms with Gasteiger partial charge in [0.1, 0.15) is 6.10 Å². The summed E-state index contributed by atoms with van der Waals surface area (Å²) in [6.07, 6.45) is 1.80. The van der Waals surface area contributed by atoms with E-state index in [1.54, 1.807) is 29.1 Å². The van der Waals surface area contributed by atoms with Gasteiger partial charge in [0.15, 0.2) is 0 Å². The van der Waals surface area contributed by atoms with Crippen molar-refractivity contribution >= 4 is 0 Å². The fourth-order valence-electron chi connectivity index (χ4n) is 1.71. The van der Waals surface area contributed by atoms with Crippen LogP contribution in [-0.4, -0.2) is 32.2 Å². The van der Waals surface area contributed by atoms with Gasteiger partial charge >= 0.3 is 0 Å². The van der Waals surface area contributed by atoms with Crippen molar-refractivity contribution in [2.45, 2.75) is 26.0 Å². The first-order chi connectivity index (χ1) is 8.76. The predicted octanol–water partition coefficient (Wildman–Crippen LogP) is 1.17. The van der Waals surface area contributed by atoms with Gasteiger partial charge in [-0.05, 0) is 18.6 Å². The number of rotatable bonds is 5. The van der Waals surface area contributed by atoms with Crippen LogP contribution in [0.3, 0.4) is 0 Å². The number of methoxy groups -OCH3 is 1. The van der Waals surface area contributed by atoms with E-state index in [1.807, 2.05) is 0 Å². The molecule has 0 radical (unpaired) electrons. The average molecular weight is 248 g/mol. The number of ether oxygens (including phenoxy) is 1. The fraction of sp³-hybridized carbons (Fsp3) is 0.417. The molecule has 1 unspecified atom stereocenters. The number of hydrogen-bond donors (Lipinski definition) is 1. The molecule has 0 aromatic carbocycles. The third-order valence-corrected chi connectivity index (χ3v) is 2.61. The molecule has 1 N–H and O–H groups in total. The monoisotopic (exact) mass is 248 g/mol. The molecule has 0 aliphatic carbocycles. The van der Waals surface area contributed by atoms with Crippen molar-refractivity contribution in [2.75, 3.05) is 7.11 Å². The molecule has 2 aromatic heterocycles. The minimum absolute atomic E-state index is 0.424. The van der Waals surface area contributed by atoms with Crippen LogP contribution in [0.2, 0.25) is 0 Å². The summed E-state index contributed by atoms with van der Waals surface area (Å²) in [6, 6.07) is 5.15. The van der Waals surface area contributed by atoms with Crippen molar-refractivity contribution in [1.29, 1.82) is 0 Å². The largest absolute Gasteiger partial charge is 0.480 e. The summed E-state index contributed by atoms with van der Waals surface area (Å²) in [4.78, 5) is 0. The Bertz CT molecular complexity index is 495. The van der Waals surface area contributed by atoms with Crippen LogP contribution in [0.1, 0.15) is 30.8 Å². The van der Waals surface area contributed by atoms with Gasteiger partial charge in [0, 0.05) is 18.8 Å². The number of aliphatic hydroxyl groups excluding tert-OH is 1. The summed E-state index contributed by atoms with van der Waals surface area (Å²) in [6.45, 7) is 2.83. The van der Waals surface area contributed by atoms with E-state index >= 15 is 0 Å². The van der Waals surface area contributed by atoms with E-state index < -0.39 is 6.10 Å². The molecule has 0 saturated carbocycles. The summed E-state index contributed by atoms with van der Waals surface area (Å²) in [5.74, 6) is 0.424. The molecule has 0 aliphatic heterocycles. The second-order valence-electron chi connectivity index (χ2n) is 3.88. The zero-order valence-electron chi connectivity index (χ0n) is 10.4. The summed E-state index contributed by atoms with van der Waals surface area (Å²) < 4.78 is 6.70. The summed E-state index contributed by atoms with van der Waals surface area (Å²) in [5.41, 5.74) is 1.20. The molecule has 1 atom stereocenters. The predicted molar refractivity (Wildman–Crippen MR) is 65.2 cm³/mol. The molecule has 2 heterocycles. The standard InChI is InChI=1S/C12H16N4O2/c1-3-8-16-10(6-7-13-16)12(17)9-4-5-11(18-2)15-14-9/h4-7,12,17H,3,8H2,1-2H3. The molecule has 0 bridgehead atoms. The lowest BCUT2D eigenvalue weighted by Crippen LogP contribution is -2.11. The molecule has 0 amide bonds. The fourth-order valence-corrected chi connectivity index (χ4v) is 1.71. The molecule has 2 rings (SSSR count). The highest BCUT2D eigenvalue weighted by Crippen LogP contribution is 2.20. The third kappa shape index (κ3) is 2.48. The lowest BCUT2D eigenvalue weighted by molar-refractivity contribution is 0.200. The first-order valence-electron chi connectivity index (χ1n) is 5.83. The summed E-state index contributed by atoms with van der Waals surface area (Å²) >= 11 is 0. The SMILES string of the molecule is CCCn1nccc1C(O)c1ccc(OC)nn1. The number of hydrogen-bond acceptors (Lipinski definition) is 5. The molecule has 6 nitrogen and oxygen atoms in total. The molecule has 6 heteroatoms. The van der Waals surface area contributed by atoms with E-state index in [9.17, 15) is 5.11 Å². The van der Waals surface area contributed by atoms with Crippen molar-refractivity contribution in [3.05, 3.63) is 35.8 Å². The van der Waals surface area contributed by atoms with Gasteiger partial charge in [-0.2, -0.15) is 5.10 Å². The maximum atomic E-state index is 10.2. The van der Waals surface area contributed by atoms with E-state index in [-0.39, 0.29) is 0 Å². The van der Waals surface area contributed by atoms with E-state index in [2.05, 4.69) is 22.2 Å². The van der Waals surface area contributed by atoms with E-state index in [1.165, 1.54) is 7.11 Å². The zero-order valence-corrected chi connectivity index (χ0v) is 10.4. The third-order valence-electron chi connectivity index (χ3n) is 2.61. The van der Waals surface area contributed by atoms with Crippen molar-refractivity contribution in [1.82, 2.24) is 20.0 Å². The van der Waals surface area contributed by atoms with Gasteiger partial charge in [0.05, 0.1) is 18.5 Å². The Morgan fingerprint density at radius 1 is 1.33 bits per heavy atom. The van der Waals surface area contributed by atoms with Crippen molar-refractivity contribution in [3.63, 3.8) is 0 Å². The maximum absolute atomic E-state index is 10.2. The molecule has 18 heavy (non-hydrogen) atoms. The Morgan fingerprint density at radius 2 is 2.17 bits per heavy atom. The summed E-state index contributed by atoms with van der Waals surface area (Å²) in [7, 11) is 1.52. The molecular weight excluding hydrogens is 232 g/mol. The van der Waals surface area contributed by atoms with E-state index in [0.29, 0.717) is 11.6 Å². The minimum atomic E-state index is -0.822. The first kappa shape index (κ1) is 12.5. The molecule has 2 aromatic rings. The Morgan fingerprint density at radius 3 is 2.78 bits per heavy atom. The van der Waals surface area contributed by atoms with Crippen LogP contribution < -0.4 is 4.74 Å². The summed E-state index contributed by atoms with van der Waals surface area (Å²) in [5, 5.41) is 22.2. The minimum Gasteiger partial charge on any atom is -0.480 e. The molecule has 96 valence electrons. The first-order valence-corrected chi connectivity index (χ1v) is 5.83. The van der Waals surface area contributed by atoms with Gasteiger partial charge in [-0.15, -0.1) is 10.2 Å². The van der Waals surface area contributed by atoms with Crippen LogP contribution in [0.5, 0.6) is 5.88 Å². The van der Waals surface area contributed by atoms with Crippen molar-refractivity contribution in [2.24, 2.45) is 0 Å². The van der Waals surface area contributed by atoms with Crippen LogP contribution >= 0.6 is 0 Å². The second kappa shape index (κ2) is 5.59. The lowest BCUT2D eigenvalue weighted by Gasteiger charge is -2.12. The number of aliphatic hydroxyl groups is 1. The van der Waals surface area contributed by atoms with Crippen LogP contribution in [0.15, 0.2) is 24.4 Å². The highest BCUT2D eigenvalue weighted by atomic mass is 16.5. The van der Waals surface area contributed by atoms with Crippen molar-refractivity contribution < 1.29 is 9.84 Å². The molecule has 0 spiro atoms. The second-order valence-corrected chi connectivity index (χ2v) is 3.88. The Balaban J connectivity index is 2.23. The van der Waals surface area contributed by atoms with Gasteiger partial charge in [0.2, 0.25) is 5.88 Å². The number of aryl methyl sites for hydroxylation is 1. The Labute approximate surface area is 105 Å². The molecule has 0 saturated heterocycles. The smallest absolute Gasteiger partial charge is 0.233 e. The molecule has 0 fully saturated rings. The molecule has 0 aliphatic rings. The zero-order chi connectivity index (χ0) is 13.0. The Kier molecular flexibility index (Phi) is 3.88. The van der Waals surface area contributed by atoms with E-state index in [4.69, 9.17) is 4.74 Å². The average Bonchev–Trinajstić information content (AvgIpc) is 2.87. The number of nitrogens with zero attached hydrogens (tertiary/aromatic N) is 4.